The van der Waals surface area contributed by atoms with Gasteiger partial charge in [0, 0.05) is 33.2 Å². The number of carbonyl (C=O) groups excluding carboxylic acids is 3. The van der Waals surface area contributed by atoms with Crippen LogP contribution in [0.4, 0.5) is 0 Å². The maximum absolute atomic E-state index is 13.8. The van der Waals surface area contributed by atoms with Gasteiger partial charge >= 0.3 is 0 Å². The van der Waals surface area contributed by atoms with Crippen LogP contribution in [0.25, 0.3) is 0 Å². The monoisotopic (exact) mass is 587 g/mol. The fourth-order valence-electron chi connectivity index (χ4n) is 6.36. The number of ether oxygens (including phenoxy) is 2. The molecule has 0 aromatic heterocycles. The highest BCUT2D eigenvalue weighted by Gasteiger charge is 2.42. The maximum Gasteiger partial charge on any atom is 0.269 e. The molecule has 3 amide bonds. The van der Waals surface area contributed by atoms with Crippen LogP contribution in [0.3, 0.4) is 0 Å². The van der Waals surface area contributed by atoms with Crippen molar-refractivity contribution < 1.29 is 28.7 Å². The number of methoxy groups -OCH3 is 2. The molecule has 2 saturated heterocycles. The first-order valence-corrected chi connectivity index (χ1v) is 15.8. The fraction of sp³-hybridized carbons (Fsp3) is 0.727. The Morgan fingerprint density at radius 3 is 2.31 bits per heavy atom. The Kier molecular flexibility index (Phi) is 13.3. The topological polar surface area (TPSA) is 97.4 Å². The molecule has 2 fully saturated rings. The number of carbonyl (C=O) groups is 3. The van der Waals surface area contributed by atoms with Crippen molar-refractivity contribution in [2.45, 2.75) is 103 Å². The van der Waals surface area contributed by atoms with E-state index in [-0.39, 0.29) is 41.7 Å². The van der Waals surface area contributed by atoms with Crippen molar-refractivity contribution in [2.24, 2.45) is 17.8 Å². The van der Waals surface area contributed by atoms with E-state index in [1.807, 2.05) is 49.1 Å². The minimum Gasteiger partial charge on any atom is -0.381 e. The normalized spacial score (nSPS) is 22.5. The smallest absolute Gasteiger partial charge is 0.269 e. The van der Waals surface area contributed by atoms with E-state index in [0.717, 1.165) is 37.7 Å². The molecule has 0 saturated carbocycles. The fourth-order valence-corrected chi connectivity index (χ4v) is 6.36. The maximum atomic E-state index is 13.8. The molecule has 9 heteroatoms. The Morgan fingerprint density at radius 1 is 1.00 bits per heavy atom. The minimum atomic E-state index is -0.802. The molecule has 42 heavy (non-hydrogen) atoms. The Morgan fingerprint density at radius 2 is 1.71 bits per heavy atom. The molecule has 9 nitrogen and oxygen atoms in total. The second-order valence-corrected chi connectivity index (χ2v) is 12.2. The van der Waals surface area contributed by atoms with Gasteiger partial charge in [-0.1, -0.05) is 71.4 Å². The molecule has 1 aromatic carbocycles. The molecule has 8 atom stereocenters. The molecular formula is C33H53N3O6. The van der Waals surface area contributed by atoms with E-state index in [1.165, 1.54) is 5.06 Å². The quantitative estimate of drug-likeness (QED) is 0.343. The molecule has 0 spiro atoms. The van der Waals surface area contributed by atoms with Crippen LogP contribution in [0.5, 0.6) is 0 Å². The molecule has 3 rings (SSSR count). The lowest BCUT2D eigenvalue weighted by Gasteiger charge is -2.36. The highest BCUT2D eigenvalue weighted by Crippen LogP contribution is 2.30. The summed E-state index contributed by atoms with van der Waals surface area (Å²) in [7, 11) is 3.26. The van der Waals surface area contributed by atoms with Gasteiger partial charge in [0.1, 0.15) is 6.04 Å². The van der Waals surface area contributed by atoms with Crippen LogP contribution >= 0.6 is 0 Å². The third-order valence-corrected chi connectivity index (χ3v) is 9.62. The van der Waals surface area contributed by atoms with Crippen molar-refractivity contribution in [3.05, 3.63) is 35.9 Å². The van der Waals surface area contributed by atoms with Gasteiger partial charge in [0.25, 0.3) is 5.91 Å². The van der Waals surface area contributed by atoms with Gasteiger partial charge in [-0.3, -0.25) is 19.2 Å². The third kappa shape index (κ3) is 8.32. The van der Waals surface area contributed by atoms with Crippen molar-refractivity contribution >= 4 is 17.7 Å². The molecule has 0 aliphatic carbocycles. The summed E-state index contributed by atoms with van der Waals surface area (Å²) in [5, 5.41) is 4.46. The van der Waals surface area contributed by atoms with Crippen molar-refractivity contribution in [3.63, 3.8) is 0 Å². The van der Waals surface area contributed by atoms with Gasteiger partial charge in [0.15, 0.2) is 0 Å². The summed E-state index contributed by atoms with van der Waals surface area (Å²) in [6.45, 7) is 11.9. The van der Waals surface area contributed by atoms with Crippen LogP contribution in [0.15, 0.2) is 30.3 Å². The van der Waals surface area contributed by atoms with Crippen LogP contribution < -0.4 is 5.32 Å². The van der Waals surface area contributed by atoms with Crippen LogP contribution in [0.1, 0.15) is 84.6 Å². The Labute approximate surface area is 252 Å². The lowest BCUT2D eigenvalue weighted by molar-refractivity contribution is -0.200. The van der Waals surface area contributed by atoms with Crippen molar-refractivity contribution in [1.29, 1.82) is 0 Å². The number of rotatable bonds is 14. The predicted octanol–water partition coefficient (Wildman–Crippen LogP) is 4.56. The van der Waals surface area contributed by atoms with Crippen LogP contribution in [-0.4, -0.2) is 85.9 Å². The van der Waals surface area contributed by atoms with Crippen molar-refractivity contribution in [1.82, 2.24) is 15.3 Å². The highest BCUT2D eigenvalue weighted by molar-refractivity contribution is 5.89. The summed E-state index contributed by atoms with van der Waals surface area (Å²) in [5.74, 6) is -0.675. The average molecular weight is 588 g/mol. The number of likely N-dealkylation sites (tertiary alicyclic amines) is 1. The number of amides is 3. The van der Waals surface area contributed by atoms with Crippen molar-refractivity contribution in [2.75, 3.05) is 33.9 Å². The second kappa shape index (κ2) is 16.4. The SMILES string of the molecule is CC[C@H](C)[C@H](C)[C@@H](CC(=O)N1CCC[C@H]1[C@H](OC)[C@@H](C)C(=O)N[C@H](C(=O)N1CCCCO1)C(C)c1ccccc1)OC. The largest absolute Gasteiger partial charge is 0.381 e. The molecule has 1 N–H and O–H groups in total. The van der Waals surface area contributed by atoms with Crippen LogP contribution in [-0.2, 0) is 28.7 Å². The lowest BCUT2D eigenvalue weighted by atomic mass is 9.87. The molecule has 0 bridgehead atoms. The first-order chi connectivity index (χ1) is 20.1. The molecule has 236 valence electrons. The minimum absolute atomic E-state index is 0.0298. The van der Waals surface area contributed by atoms with Gasteiger partial charge in [0.2, 0.25) is 11.8 Å². The molecule has 1 unspecified atom stereocenters. The first kappa shape index (κ1) is 34.0. The molecule has 2 heterocycles. The summed E-state index contributed by atoms with van der Waals surface area (Å²) in [6, 6.07) is 8.69. The summed E-state index contributed by atoms with van der Waals surface area (Å²) in [5.41, 5.74) is 0.955. The summed E-state index contributed by atoms with van der Waals surface area (Å²) in [6.07, 6.45) is 4.01. The van der Waals surface area contributed by atoms with Gasteiger partial charge in [-0.25, -0.2) is 5.06 Å². The summed E-state index contributed by atoms with van der Waals surface area (Å²) >= 11 is 0. The van der Waals surface area contributed by atoms with E-state index in [2.05, 4.69) is 26.1 Å². The predicted molar refractivity (Wildman–Crippen MR) is 162 cm³/mol. The third-order valence-electron chi connectivity index (χ3n) is 9.62. The number of nitrogens with one attached hydrogen (secondary N) is 1. The lowest BCUT2D eigenvalue weighted by Crippen LogP contribution is -2.56. The number of hydrogen-bond donors (Lipinski definition) is 1. The van der Waals surface area contributed by atoms with Gasteiger partial charge < -0.3 is 19.7 Å². The number of nitrogens with zero attached hydrogens (tertiary/aromatic N) is 2. The van der Waals surface area contributed by atoms with E-state index in [1.54, 1.807) is 14.2 Å². The van der Waals surface area contributed by atoms with E-state index in [0.29, 0.717) is 32.0 Å². The molecular weight excluding hydrogens is 534 g/mol. The summed E-state index contributed by atoms with van der Waals surface area (Å²) in [4.78, 5) is 48.6. The standard InChI is InChI=1S/C33H53N3O6/c1-8-22(2)23(3)28(40-6)21-29(37)35-18-14-17-27(35)31(41-7)25(5)32(38)34-30(24(4)26-15-10-9-11-16-26)33(39)36-19-12-13-20-42-36/h9-11,15-16,22-25,27-28,30-31H,8,12-14,17-21H2,1-7H3,(H,34,38)/t22-,23-,24?,25+,27-,28+,30-,31+/m0/s1. The second-order valence-electron chi connectivity index (χ2n) is 12.2. The number of hydrogen-bond acceptors (Lipinski definition) is 6. The summed E-state index contributed by atoms with van der Waals surface area (Å²) < 4.78 is 11.7. The Hall–Kier alpha value is -2.49. The van der Waals surface area contributed by atoms with E-state index < -0.39 is 18.1 Å². The van der Waals surface area contributed by atoms with Crippen LogP contribution in [0, 0.1) is 17.8 Å². The number of benzene rings is 1. The van der Waals surface area contributed by atoms with Gasteiger partial charge in [-0.2, -0.15) is 0 Å². The molecule has 2 aliphatic rings. The van der Waals surface area contributed by atoms with Gasteiger partial charge in [0.05, 0.1) is 37.2 Å². The Bertz CT molecular complexity index is 1000. The number of hydroxylamine groups is 2. The van der Waals surface area contributed by atoms with E-state index in [4.69, 9.17) is 14.3 Å². The first-order valence-electron chi connectivity index (χ1n) is 15.8. The van der Waals surface area contributed by atoms with Crippen molar-refractivity contribution in [3.8, 4) is 0 Å². The van der Waals surface area contributed by atoms with Gasteiger partial charge in [-0.05, 0) is 43.1 Å². The van der Waals surface area contributed by atoms with Crippen LogP contribution in [0.2, 0.25) is 0 Å². The highest BCUT2D eigenvalue weighted by atomic mass is 16.7. The molecule has 0 radical (unpaired) electrons. The molecule has 2 aliphatic heterocycles. The molecule has 1 aromatic rings. The van der Waals surface area contributed by atoms with E-state index >= 15 is 0 Å². The Balaban J connectivity index is 1.75. The van der Waals surface area contributed by atoms with Gasteiger partial charge in [-0.15, -0.1) is 0 Å². The van der Waals surface area contributed by atoms with E-state index in [9.17, 15) is 14.4 Å². The average Bonchev–Trinajstić information content (AvgIpc) is 3.51. The zero-order valence-electron chi connectivity index (χ0n) is 26.7. The zero-order valence-corrected chi connectivity index (χ0v) is 26.7. The zero-order chi connectivity index (χ0) is 30.8.